The van der Waals surface area contributed by atoms with Crippen LogP contribution in [0.3, 0.4) is 0 Å². The number of hydrogen-bond donors (Lipinski definition) is 0. The Hall–Kier alpha value is -3.39. The maximum atomic E-state index is 14.4. The van der Waals surface area contributed by atoms with Crippen molar-refractivity contribution in [3.8, 4) is 11.5 Å². The molecule has 1 aromatic heterocycles. The molecule has 1 aliphatic rings. The zero-order valence-electron chi connectivity index (χ0n) is 20.8. The molecule has 2 heterocycles. The van der Waals surface area contributed by atoms with Crippen LogP contribution >= 0.6 is 11.3 Å². The lowest BCUT2D eigenvalue weighted by molar-refractivity contribution is -0.136. The van der Waals surface area contributed by atoms with E-state index in [1.54, 1.807) is 41.5 Å². The van der Waals surface area contributed by atoms with Crippen molar-refractivity contribution in [1.82, 2.24) is 9.80 Å². The van der Waals surface area contributed by atoms with Crippen molar-refractivity contribution in [2.45, 2.75) is 38.8 Å². The highest BCUT2D eigenvalue weighted by Crippen LogP contribution is 2.34. The molecule has 2 amide bonds. The van der Waals surface area contributed by atoms with Gasteiger partial charge in [0.05, 0.1) is 18.7 Å². The van der Waals surface area contributed by atoms with Crippen LogP contribution in [0.2, 0.25) is 0 Å². The van der Waals surface area contributed by atoms with E-state index in [4.69, 9.17) is 9.47 Å². The molecule has 1 aliphatic heterocycles. The van der Waals surface area contributed by atoms with E-state index in [2.05, 4.69) is 0 Å². The molecule has 8 heteroatoms. The van der Waals surface area contributed by atoms with Gasteiger partial charge < -0.3 is 19.3 Å². The number of fused-ring (bicyclic) bond motifs is 1. The number of carbonyl (C=O) groups is 2. The van der Waals surface area contributed by atoms with Crippen LogP contribution in [0.4, 0.5) is 4.39 Å². The zero-order valence-corrected chi connectivity index (χ0v) is 21.6. The average Bonchev–Trinajstić information content (AvgIpc) is 3.39. The predicted molar refractivity (Wildman–Crippen MR) is 138 cm³/mol. The molecular formula is C28H31FN2O4S. The third kappa shape index (κ3) is 5.54. The third-order valence-corrected chi connectivity index (χ3v) is 7.65. The Morgan fingerprint density at radius 3 is 2.69 bits per heavy atom. The summed E-state index contributed by atoms with van der Waals surface area (Å²) in [6.45, 7) is 4.49. The quantitative estimate of drug-likeness (QED) is 0.390. The summed E-state index contributed by atoms with van der Waals surface area (Å²) < 4.78 is 25.8. The van der Waals surface area contributed by atoms with Crippen molar-refractivity contribution < 1.29 is 23.5 Å². The molecule has 0 fully saturated rings. The highest BCUT2D eigenvalue weighted by atomic mass is 32.1. The second kappa shape index (κ2) is 11.6. The van der Waals surface area contributed by atoms with Crippen LogP contribution in [0, 0.1) is 5.82 Å². The van der Waals surface area contributed by atoms with Crippen LogP contribution in [0.1, 0.15) is 47.1 Å². The highest BCUT2D eigenvalue weighted by Gasteiger charge is 2.34. The van der Waals surface area contributed by atoms with Crippen molar-refractivity contribution in [1.29, 1.82) is 0 Å². The van der Waals surface area contributed by atoms with Crippen LogP contribution < -0.4 is 9.47 Å². The second-order valence-electron chi connectivity index (χ2n) is 8.81. The highest BCUT2D eigenvalue weighted by molar-refractivity contribution is 7.10. The standard InChI is InChI=1S/C28H31FN2O4S/c1-4-19(2)31(28(33)22-10-5-6-11-24(22)29)17-27(32)30-14-12-26-23(13-15-36-26)25(30)18-35-21-9-7-8-20(16-21)34-3/h5-11,13,15-16,19,25H,4,12,14,17-18H2,1-3H3/t19-,25-/m0/s1. The monoisotopic (exact) mass is 510 g/mol. The Kier molecular flexibility index (Phi) is 8.25. The van der Waals surface area contributed by atoms with E-state index in [-0.39, 0.29) is 36.7 Å². The van der Waals surface area contributed by atoms with Gasteiger partial charge >= 0.3 is 0 Å². The Balaban J connectivity index is 1.56. The molecule has 3 aromatic rings. The Bertz CT molecular complexity index is 1210. The summed E-state index contributed by atoms with van der Waals surface area (Å²) in [5.41, 5.74) is 1.04. The Morgan fingerprint density at radius 1 is 1.17 bits per heavy atom. The second-order valence-corrected chi connectivity index (χ2v) is 9.81. The molecule has 190 valence electrons. The number of methoxy groups -OCH3 is 1. The molecule has 4 rings (SSSR count). The maximum Gasteiger partial charge on any atom is 0.257 e. The topological polar surface area (TPSA) is 59.1 Å². The number of rotatable bonds is 9. The van der Waals surface area contributed by atoms with Crippen molar-refractivity contribution >= 4 is 23.2 Å². The number of thiophene rings is 1. The van der Waals surface area contributed by atoms with Crippen molar-refractivity contribution in [3.05, 3.63) is 81.8 Å². The Morgan fingerprint density at radius 2 is 1.94 bits per heavy atom. The summed E-state index contributed by atoms with van der Waals surface area (Å²) in [7, 11) is 1.60. The number of amides is 2. The molecular weight excluding hydrogens is 479 g/mol. The fraction of sp³-hybridized carbons (Fsp3) is 0.357. The number of benzene rings is 2. The van der Waals surface area contributed by atoms with Crippen molar-refractivity contribution in [2.24, 2.45) is 0 Å². The van der Waals surface area contributed by atoms with Gasteiger partial charge in [-0.25, -0.2) is 4.39 Å². The van der Waals surface area contributed by atoms with E-state index in [0.717, 1.165) is 12.0 Å². The largest absolute Gasteiger partial charge is 0.497 e. The maximum absolute atomic E-state index is 14.4. The summed E-state index contributed by atoms with van der Waals surface area (Å²) in [6.07, 6.45) is 1.39. The van der Waals surface area contributed by atoms with E-state index in [0.29, 0.717) is 24.5 Å². The molecule has 6 nitrogen and oxygen atoms in total. The fourth-order valence-corrected chi connectivity index (χ4v) is 5.34. The van der Waals surface area contributed by atoms with Crippen LogP contribution in [0.15, 0.2) is 60.0 Å². The van der Waals surface area contributed by atoms with Gasteiger partial charge in [0.15, 0.2) is 0 Å². The Labute approximate surface area is 215 Å². The molecule has 0 saturated heterocycles. The molecule has 0 aliphatic carbocycles. The molecule has 0 saturated carbocycles. The van der Waals surface area contributed by atoms with Gasteiger partial charge in [0.2, 0.25) is 5.91 Å². The lowest BCUT2D eigenvalue weighted by Crippen LogP contribution is -2.50. The minimum Gasteiger partial charge on any atom is -0.497 e. The van der Waals surface area contributed by atoms with Gasteiger partial charge in [-0.1, -0.05) is 25.1 Å². The van der Waals surface area contributed by atoms with Crippen LogP contribution in [-0.4, -0.2) is 54.5 Å². The first-order valence-electron chi connectivity index (χ1n) is 12.1. The van der Waals surface area contributed by atoms with Crippen molar-refractivity contribution in [2.75, 3.05) is 26.8 Å². The van der Waals surface area contributed by atoms with Gasteiger partial charge in [-0.05, 0) is 61.0 Å². The van der Waals surface area contributed by atoms with Crippen LogP contribution in [0.25, 0.3) is 0 Å². The molecule has 0 unspecified atom stereocenters. The van der Waals surface area contributed by atoms with Gasteiger partial charge in [-0.3, -0.25) is 9.59 Å². The smallest absolute Gasteiger partial charge is 0.257 e. The van der Waals surface area contributed by atoms with Crippen LogP contribution in [0.5, 0.6) is 11.5 Å². The molecule has 2 aromatic carbocycles. The molecule has 0 spiro atoms. The van der Waals surface area contributed by atoms with Gasteiger partial charge in [0, 0.05) is 23.5 Å². The normalized spacial score (nSPS) is 15.7. The average molecular weight is 511 g/mol. The summed E-state index contributed by atoms with van der Waals surface area (Å²) >= 11 is 1.68. The zero-order chi connectivity index (χ0) is 25.7. The molecule has 0 N–H and O–H groups in total. The fourth-order valence-electron chi connectivity index (χ4n) is 4.41. The lowest BCUT2D eigenvalue weighted by atomic mass is 10.00. The van der Waals surface area contributed by atoms with E-state index < -0.39 is 11.7 Å². The van der Waals surface area contributed by atoms with E-state index in [9.17, 15) is 14.0 Å². The molecule has 0 radical (unpaired) electrons. The molecule has 0 bridgehead atoms. The SMILES string of the molecule is CC[C@H](C)N(CC(=O)N1CCc2sccc2[C@@H]1COc1cccc(OC)c1)C(=O)c1ccccc1F. The minimum atomic E-state index is -0.589. The first-order valence-corrected chi connectivity index (χ1v) is 13.0. The van der Waals surface area contributed by atoms with Gasteiger partial charge in [0.25, 0.3) is 5.91 Å². The first kappa shape index (κ1) is 25.7. The summed E-state index contributed by atoms with van der Waals surface area (Å²) in [5.74, 6) is 0.0919. The van der Waals surface area contributed by atoms with Gasteiger partial charge in [-0.2, -0.15) is 0 Å². The molecule has 36 heavy (non-hydrogen) atoms. The van der Waals surface area contributed by atoms with E-state index >= 15 is 0 Å². The summed E-state index contributed by atoms with van der Waals surface area (Å²) in [4.78, 5) is 31.4. The van der Waals surface area contributed by atoms with Gasteiger partial charge in [0.1, 0.15) is 30.5 Å². The summed E-state index contributed by atoms with van der Waals surface area (Å²) in [5, 5.41) is 2.03. The lowest BCUT2D eigenvalue weighted by Gasteiger charge is -2.38. The number of nitrogens with zero attached hydrogens (tertiary/aromatic N) is 2. The summed E-state index contributed by atoms with van der Waals surface area (Å²) in [6, 6.07) is 14.8. The predicted octanol–water partition coefficient (Wildman–Crippen LogP) is 5.34. The van der Waals surface area contributed by atoms with Gasteiger partial charge in [-0.15, -0.1) is 11.3 Å². The third-order valence-electron chi connectivity index (χ3n) is 6.66. The number of halogens is 1. The number of carbonyl (C=O) groups excluding carboxylic acids is 2. The van der Waals surface area contributed by atoms with E-state index in [1.807, 2.05) is 43.5 Å². The van der Waals surface area contributed by atoms with Crippen LogP contribution in [-0.2, 0) is 11.2 Å². The molecule has 2 atom stereocenters. The number of ether oxygens (including phenoxy) is 2. The van der Waals surface area contributed by atoms with Crippen molar-refractivity contribution in [3.63, 3.8) is 0 Å². The van der Waals surface area contributed by atoms with E-state index in [1.165, 1.54) is 21.9 Å². The first-order chi connectivity index (χ1) is 17.4. The number of hydrogen-bond acceptors (Lipinski definition) is 5. The minimum absolute atomic E-state index is 0.0257.